The largest absolute Gasteiger partial charge is 0.357 e. The fraction of sp³-hybridized carbons (Fsp3) is 0.438. The van der Waals surface area contributed by atoms with Gasteiger partial charge in [0.2, 0.25) is 0 Å². The highest BCUT2D eigenvalue weighted by Gasteiger charge is 2.58. The zero-order valence-corrected chi connectivity index (χ0v) is 14.2. The highest BCUT2D eigenvalue weighted by Crippen LogP contribution is 2.42. The van der Waals surface area contributed by atoms with E-state index >= 15 is 0 Å². The lowest BCUT2D eigenvalue weighted by molar-refractivity contribution is -0.129. The van der Waals surface area contributed by atoms with Crippen molar-refractivity contribution in [2.45, 2.75) is 25.8 Å². The molecule has 2 aliphatic rings. The highest BCUT2D eigenvalue weighted by molar-refractivity contribution is 6.31. The summed E-state index contributed by atoms with van der Waals surface area (Å²) in [4.78, 5) is 30.4. The van der Waals surface area contributed by atoms with Gasteiger partial charge in [0.1, 0.15) is 17.7 Å². The summed E-state index contributed by atoms with van der Waals surface area (Å²) in [5.41, 5.74) is -0.397. The van der Waals surface area contributed by atoms with Crippen LogP contribution in [0.25, 0.3) is 5.52 Å². The summed E-state index contributed by atoms with van der Waals surface area (Å²) in [6.45, 7) is 5.24. The Morgan fingerprint density at radius 1 is 1.29 bits per heavy atom. The number of urea groups is 1. The van der Waals surface area contributed by atoms with Gasteiger partial charge in [-0.1, -0.05) is 25.4 Å². The SMILES string of the molecule is CC1(C)CN(c2cc(Cl)cc3cncn23)CCC12NC(=O)NC2=O. The molecule has 4 heterocycles. The second kappa shape index (κ2) is 4.86. The summed E-state index contributed by atoms with van der Waals surface area (Å²) < 4.78 is 1.98. The second-order valence-electron chi connectivity index (χ2n) is 7.09. The Kier molecular flexibility index (Phi) is 3.09. The first kappa shape index (κ1) is 15.3. The Morgan fingerprint density at radius 2 is 2.08 bits per heavy atom. The molecule has 7 nitrogen and oxygen atoms in total. The number of fused-ring (bicyclic) bond motifs is 1. The van der Waals surface area contributed by atoms with Gasteiger partial charge < -0.3 is 10.2 Å². The maximum Gasteiger partial charge on any atom is 0.322 e. The van der Waals surface area contributed by atoms with Crippen molar-refractivity contribution >= 4 is 34.9 Å². The second-order valence-corrected chi connectivity index (χ2v) is 7.53. The van der Waals surface area contributed by atoms with Crippen molar-refractivity contribution in [3.05, 3.63) is 29.7 Å². The molecule has 2 N–H and O–H groups in total. The summed E-state index contributed by atoms with van der Waals surface area (Å²) >= 11 is 6.25. The first-order valence-corrected chi connectivity index (χ1v) is 8.20. The Labute approximate surface area is 144 Å². The number of carbonyl (C=O) groups is 2. The molecule has 0 bridgehead atoms. The topological polar surface area (TPSA) is 78.7 Å². The van der Waals surface area contributed by atoms with E-state index in [1.165, 1.54) is 0 Å². The van der Waals surface area contributed by atoms with E-state index in [-0.39, 0.29) is 5.91 Å². The summed E-state index contributed by atoms with van der Waals surface area (Å²) in [5, 5.41) is 5.87. The standard InChI is InChI=1S/C16H18ClN5O2/c1-15(2)8-21(4-3-16(15)13(23)19-14(24)20-16)12-6-10(17)5-11-7-18-9-22(11)12/h5-7,9H,3-4,8H2,1-2H3,(H2,19,20,23,24). The van der Waals surface area contributed by atoms with Gasteiger partial charge in [-0.25, -0.2) is 9.78 Å². The monoisotopic (exact) mass is 347 g/mol. The number of pyridine rings is 1. The fourth-order valence-electron chi connectivity index (χ4n) is 3.89. The summed E-state index contributed by atoms with van der Waals surface area (Å²) in [6, 6.07) is 3.35. The van der Waals surface area contributed by atoms with Crippen molar-refractivity contribution < 1.29 is 9.59 Å². The Bertz CT molecular complexity index is 861. The maximum atomic E-state index is 12.4. The third kappa shape index (κ3) is 2.00. The minimum atomic E-state index is -0.868. The molecular weight excluding hydrogens is 330 g/mol. The number of nitrogens with one attached hydrogen (secondary N) is 2. The van der Waals surface area contributed by atoms with E-state index in [2.05, 4.69) is 20.5 Å². The van der Waals surface area contributed by atoms with Gasteiger partial charge in [-0.15, -0.1) is 0 Å². The molecule has 1 unspecified atom stereocenters. The molecule has 126 valence electrons. The average molecular weight is 348 g/mol. The van der Waals surface area contributed by atoms with Crippen LogP contribution in [0.15, 0.2) is 24.7 Å². The number of aromatic nitrogens is 2. The van der Waals surface area contributed by atoms with Crippen LogP contribution in [-0.2, 0) is 4.79 Å². The van der Waals surface area contributed by atoms with Crippen molar-refractivity contribution in [3.63, 3.8) is 0 Å². The van der Waals surface area contributed by atoms with Crippen molar-refractivity contribution in [2.75, 3.05) is 18.0 Å². The zero-order chi connectivity index (χ0) is 17.1. The highest BCUT2D eigenvalue weighted by atomic mass is 35.5. The van der Waals surface area contributed by atoms with Crippen LogP contribution >= 0.6 is 11.6 Å². The molecule has 0 aliphatic carbocycles. The average Bonchev–Trinajstić information content (AvgIpc) is 3.06. The third-order valence-corrected chi connectivity index (χ3v) is 5.45. The number of hydrogen-bond acceptors (Lipinski definition) is 4. The van der Waals surface area contributed by atoms with Crippen LogP contribution in [0.4, 0.5) is 10.6 Å². The van der Waals surface area contributed by atoms with E-state index in [9.17, 15) is 9.59 Å². The summed E-state index contributed by atoms with van der Waals surface area (Å²) in [5.74, 6) is 0.693. The maximum absolute atomic E-state index is 12.4. The molecule has 2 fully saturated rings. The number of piperidine rings is 1. The van der Waals surface area contributed by atoms with Crippen molar-refractivity contribution in [1.82, 2.24) is 20.0 Å². The van der Waals surface area contributed by atoms with Gasteiger partial charge in [-0.2, -0.15) is 0 Å². The van der Waals surface area contributed by atoms with Gasteiger partial charge in [0, 0.05) is 23.5 Å². The quantitative estimate of drug-likeness (QED) is 0.771. The lowest BCUT2D eigenvalue weighted by Crippen LogP contribution is -2.66. The number of imide groups is 1. The van der Waals surface area contributed by atoms with Crippen LogP contribution in [0.3, 0.4) is 0 Å². The molecule has 24 heavy (non-hydrogen) atoms. The number of imidazole rings is 1. The number of nitrogens with zero attached hydrogens (tertiary/aromatic N) is 3. The number of halogens is 1. The summed E-state index contributed by atoms with van der Waals surface area (Å²) in [6.07, 6.45) is 4.04. The number of rotatable bonds is 1. The third-order valence-electron chi connectivity index (χ3n) is 5.23. The molecule has 3 amide bonds. The van der Waals surface area contributed by atoms with Crippen LogP contribution < -0.4 is 15.5 Å². The predicted octanol–water partition coefficient (Wildman–Crippen LogP) is 1.80. The summed E-state index contributed by atoms with van der Waals surface area (Å²) in [7, 11) is 0. The fourth-order valence-corrected chi connectivity index (χ4v) is 4.10. The van der Waals surface area contributed by atoms with E-state index in [0.29, 0.717) is 24.5 Å². The number of carbonyl (C=O) groups excluding carboxylic acids is 2. The lowest BCUT2D eigenvalue weighted by Gasteiger charge is -2.50. The van der Waals surface area contributed by atoms with Crippen LogP contribution in [0.5, 0.6) is 0 Å². The molecule has 8 heteroatoms. The van der Waals surface area contributed by atoms with Gasteiger partial charge >= 0.3 is 6.03 Å². The molecule has 0 saturated carbocycles. The van der Waals surface area contributed by atoms with Crippen LogP contribution in [-0.4, -0.2) is 40.0 Å². The zero-order valence-electron chi connectivity index (χ0n) is 13.5. The Morgan fingerprint density at radius 3 is 2.75 bits per heavy atom. The molecule has 2 aromatic rings. The Balaban J connectivity index is 1.72. The van der Waals surface area contributed by atoms with Crippen LogP contribution in [0, 0.1) is 5.41 Å². The van der Waals surface area contributed by atoms with Crippen LogP contribution in [0.1, 0.15) is 20.3 Å². The van der Waals surface area contributed by atoms with Gasteiger partial charge in [-0.3, -0.25) is 14.5 Å². The van der Waals surface area contributed by atoms with Gasteiger partial charge in [-0.05, 0) is 18.6 Å². The van der Waals surface area contributed by atoms with Gasteiger partial charge in [0.15, 0.2) is 0 Å². The van der Waals surface area contributed by atoms with Crippen molar-refractivity contribution in [1.29, 1.82) is 0 Å². The lowest BCUT2D eigenvalue weighted by atomic mass is 9.67. The molecule has 2 aromatic heterocycles. The predicted molar refractivity (Wildman–Crippen MR) is 90.2 cm³/mol. The smallest absolute Gasteiger partial charge is 0.322 e. The Hall–Kier alpha value is -2.28. The number of hydrogen-bond donors (Lipinski definition) is 2. The molecule has 0 aromatic carbocycles. The molecule has 4 rings (SSSR count). The van der Waals surface area contributed by atoms with E-state index in [4.69, 9.17) is 11.6 Å². The van der Waals surface area contributed by atoms with Crippen LogP contribution in [0.2, 0.25) is 5.02 Å². The molecule has 0 radical (unpaired) electrons. The first-order chi connectivity index (χ1) is 11.3. The molecular formula is C16H18ClN5O2. The van der Waals surface area contributed by atoms with Gasteiger partial charge in [0.25, 0.3) is 5.91 Å². The van der Waals surface area contributed by atoms with E-state index < -0.39 is 17.0 Å². The first-order valence-electron chi connectivity index (χ1n) is 7.83. The minimum Gasteiger partial charge on any atom is -0.357 e. The molecule has 2 aliphatic heterocycles. The number of anilines is 1. The number of amides is 3. The normalized spacial score (nSPS) is 26.0. The van der Waals surface area contributed by atoms with Crippen molar-refractivity contribution in [2.24, 2.45) is 5.41 Å². The van der Waals surface area contributed by atoms with Crippen molar-refractivity contribution in [3.8, 4) is 0 Å². The molecule has 1 spiro atoms. The molecule has 1 atom stereocenters. The van der Waals surface area contributed by atoms with E-state index in [1.54, 1.807) is 12.5 Å². The van der Waals surface area contributed by atoms with E-state index in [0.717, 1.165) is 11.3 Å². The molecule has 2 saturated heterocycles. The minimum absolute atomic E-state index is 0.240. The van der Waals surface area contributed by atoms with E-state index in [1.807, 2.05) is 30.4 Å². The van der Waals surface area contributed by atoms with Gasteiger partial charge in [0.05, 0.1) is 11.7 Å².